The van der Waals surface area contributed by atoms with Crippen molar-refractivity contribution < 1.29 is 5.11 Å². The third kappa shape index (κ3) is 2.51. The summed E-state index contributed by atoms with van der Waals surface area (Å²) in [6, 6.07) is 8.10. The van der Waals surface area contributed by atoms with Gasteiger partial charge in [-0.1, -0.05) is 31.5 Å². The van der Waals surface area contributed by atoms with Crippen molar-refractivity contribution in [3.63, 3.8) is 0 Å². The van der Waals surface area contributed by atoms with E-state index in [0.29, 0.717) is 0 Å². The number of nitrogens with zero attached hydrogens (tertiary/aromatic N) is 1. The molecule has 1 aliphatic carbocycles. The highest BCUT2D eigenvalue weighted by Crippen LogP contribution is 2.43. The summed E-state index contributed by atoms with van der Waals surface area (Å²) in [6.07, 6.45) is 1.42. The van der Waals surface area contributed by atoms with E-state index < -0.39 is 0 Å². The minimum Gasteiger partial charge on any atom is -0.388 e. The lowest BCUT2D eigenvalue weighted by atomic mass is 9.75. The van der Waals surface area contributed by atoms with Crippen LogP contribution >= 0.6 is 11.6 Å². The van der Waals surface area contributed by atoms with Crippen LogP contribution < -0.4 is 0 Å². The summed E-state index contributed by atoms with van der Waals surface area (Å²) in [5.41, 5.74) is 5.88. The molecule has 0 amide bonds. The van der Waals surface area contributed by atoms with E-state index in [0.717, 1.165) is 34.8 Å². The fourth-order valence-electron chi connectivity index (χ4n) is 3.50. The summed E-state index contributed by atoms with van der Waals surface area (Å²) in [5, 5.41) is 11.2. The largest absolute Gasteiger partial charge is 0.388 e. The molecule has 1 aromatic heterocycles. The number of hydrogen-bond donors (Lipinski definition) is 1. The number of aliphatic hydroxyl groups excluding tert-OH is 1. The van der Waals surface area contributed by atoms with Gasteiger partial charge in [-0.15, -0.1) is 0 Å². The number of fused-ring (bicyclic) bond motifs is 1. The fourth-order valence-corrected chi connectivity index (χ4v) is 3.67. The maximum absolute atomic E-state index is 10.5. The van der Waals surface area contributed by atoms with Crippen LogP contribution in [0.25, 0.3) is 5.69 Å². The van der Waals surface area contributed by atoms with Gasteiger partial charge in [-0.2, -0.15) is 0 Å². The highest BCUT2D eigenvalue weighted by atomic mass is 35.5. The standard InChI is InChI=1S/C18H22ClNO/c1-11-5-6-13(19)8-15(11)20-12(2)7-14-16(20)9-18(3,4)10-17(14)21/h5-8,17,21H,9-10H2,1-4H3. The smallest absolute Gasteiger partial charge is 0.0812 e. The van der Waals surface area contributed by atoms with Gasteiger partial charge in [0.2, 0.25) is 0 Å². The van der Waals surface area contributed by atoms with Crippen LogP contribution in [0, 0.1) is 19.3 Å². The molecule has 3 heteroatoms. The lowest BCUT2D eigenvalue weighted by Gasteiger charge is -2.34. The predicted octanol–water partition coefficient (Wildman–Crippen LogP) is 4.75. The van der Waals surface area contributed by atoms with Gasteiger partial charge in [-0.25, -0.2) is 0 Å². The molecule has 21 heavy (non-hydrogen) atoms. The number of aryl methyl sites for hydroxylation is 2. The van der Waals surface area contributed by atoms with Crippen molar-refractivity contribution in [3.05, 3.63) is 51.8 Å². The van der Waals surface area contributed by atoms with Crippen molar-refractivity contribution in [1.29, 1.82) is 0 Å². The maximum Gasteiger partial charge on any atom is 0.0812 e. The molecule has 0 aliphatic heterocycles. The molecule has 0 saturated carbocycles. The molecule has 0 fully saturated rings. The van der Waals surface area contributed by atoms with Crippen LogP contribution in [0.4, 0.5) is 0 Å². The van der Waals surface area contributed by atoms with Gasteiger partial charge in [0.05, 0.1) is 6.10 Å². The lowest BCUT2D eigenvalue weighted by molar-refractivity contribution is 0.0987. The van der Waals surface area contributed by atoms with Crippen molar-refractivity contribution in [2.75, 3.05) is 0 Å². The molecule has 3 rings (SSSR count). The fraction of sp³-hybridized carbons (Fsp3) is 0.444. The van der Waals surface area contributed by atoms with E-state index in [9.17, 15) is 5.11 Å². The molecule has 0 bridgehead atoms. The van der Waals surface area contributed by atoms with Crippen LogP contribution in [0.3, 0.4) is 0 Å². The van der Waals surface area contributed by atoms with Gasteiger partial charge < -0.3 is 9.67 Å². The van der Waals surface area contributed by atoms with Crippen LogP contribution in [0.1, 0.15) is 48.9 Å². The van der Waals surface area contributed by atoms with Gasteiger partial charge >= 0.3 is 0 Å². The van der Waals surface area contributed by atoms with E-state index in [4.69, 9.17) is 11.6 Å². The van der Waals surface area contributed by atoms with Crippen LogP contribution in [0.2, 0.25) is 5.02 Å². The Morgan fingerprint density at radius 2 is 1.95 bits per heavy atom. The molecule has 1 aliphatic rings. The van der Waals surface area contributed by atoms with Crippen LogP contribution in [-0.2, 0) is 6.42 Å². The monoisotopic (exact) mass is 303 g/mol. The number of hydrogen-bond acceptors (Lipinski definition) is 1. The van der Waals surface area contributed by atoms with Crippen molar-refractivity contribution in [3.8, 4) is 5.69 Å². The summed E-state index contributed by atoms with van der Waals surface area (Å²) in [5.74, 6) is 0. The molecule has 2 nitrogen and oxygen atoms in total. The highest BCUT2D eigenvalue weighted by molar-refractivity contribution is 6.30. The van der Waals surface area contributed by atoms with Crippen LogP contribution in [0.15, 0.2) is 24.3 Å². The SMILES string of the molecule is Cc1ccc(Cl)cc1-n1c(C)cc2c1CC(C)(C)CC2O. The first-order valence-electron chi connectivity index (χ1n) is 7.44. The van der Waals surface area contributed by atoms with Crippen molar-refractivity contribution in [2.24, 2.45) is 5.41 Å². The molecule has 112 valence electrons. The minimum atomic E-state index is -0.372. The first-order valence-corrected chi connectivity index (χ1v) is 7.82. The number of halogens is 1. The van der Waals surface area contributed by atoms with Gasteiger partial charge in [0, 0.05) is 27.7 Å². The number of aromatic nitrogens is 1. The Morgan fingerprint density at radius 1 is 1.24 bits per heavy atom. The lowest BCUT2D eigenvalue weighted by Crippen LogP contribution is -2.26. The third-order valence-electron chi connectivity index (χ3n) is 4.48. The van der Waals surface area contributed by atoms with Gasteiger partial charge in [0.15, 0.2) is 0 Å². The molecular weight excluding hydrogens is 282 g/mol. The van der Waals surface area contributed by atoms with Crippen molar-refractivity contribution >= 4 is 11.6 Å². The minimum absolute atomic E-state index is 0.113. The molecule has 2 aromatic rings. The van der Waals surface area contributed by atoms with E-state index in [1.807, 2.05) is 18.2 Å². The Hall–Kier alpha value is -1.25. The molecule has 1 aromatic carbocycles. The topological polar surface area (TPSA) is 25.2 Å². The first kappa shape index (κ1) is 14.7. The summed E-state index contributed by atoms with van der Waals surface area (Å²) < 4.78 is 2.26. The maximum atomic E-state index is 10.5. The van der Waals surface area contributed by atoms with E-state index in [1.54, 1.807) is 0 Å². The summed E-state index contributed by atoms with van der Waals surface area (Å²) in [7, 11) is 0. The number of benzene rings is 1. The Kier molecular flexibility index (Phi) is 3.42. The number of rotatable bonds is 1. The first-order chi connectivity index (χ1) is 9.78. The zero-order valence-corrected chi connectivity index (χ0v) is 13.8. The summed E-state index contributed by atoms with van der Waals surface area (Å²) in [6.45, 7) is 8.63. The molecule has 1 N–H and O–H groups in total. The quantitative estimate of drug-likeness (QED) is 0.808. The van der Waals surface area contributed by atoms with E-state index in [-0.39, 0.29) is 11.5 Å². The van der Waals surface area contributed by atoms with Crippen molar-refractivity contribution in [2.45, 2.75) is 46.6 Å². The van der Waals surface area contributed by atoms with Gasteiger partial charge in [0.1, 0.15) is 0 Å². The summed E-state index contributed by atoms with van der Waals surface area (Å²) >= 11 is 6.19. The average molecular weight is 304 g/mol. The zero-order chi connectivity index (χ0) is 15.4. The molecular formula is C18H22ClNO. The van der Waals surface area contributed by atoms with Gasteiger partial charge in [-0.3, -0.25) is 0 Å². The molecule has 1 heterocycles. The molecule has 0 spiro atoms. The highest BCUT2D eigenvalue weighted by Gasteiger charge is 2.34. The van der Waals surface area contributed by atoms with E-state index >= 15 is 0 Å². The second-order valence-corrected chi connectivity index (χ2v) is 7.45. The Balaban J connectivity index is 2.23. The zero-order valence-electron chi connectivity index (χ0n) is 13.1. The van der Waals surface area contributed by atoms with Crippen LogP contribution in [0.5, 0.6) is 0 Å². The predicted molar refractivity (Wildman–Crippen MR) is 87.3 cm³/mol. The average Bonchev–Trinajstić information content (AvgIpc) is 2.68. The number of aliphatic hydroxyl groups is 1. The van der Waals surface area contributed by atoms with Gasteiger partial charge in [-0.05, 0) is 55.9 Å². The molecule has 1 atom stereocenters. The Bertz CT molecular complexity index is 699. The normalized spacial score (nSPS) is 20.4. The molecule has 0 saturated heterocycles. The summed E-state index contributed by atoms with van der Waals surface area (Å²) in [4.78, 5) is 0. The Labute approximate surface area is 131 Å². The van der Waals surface area contributed by atoms with Crippen LogP contribution in [-0.4, -0.2) is 9.67 Å². The second-order valence-electron chi connectivity index (χ2n) is 7.01. The van der Waals surface area contributed by atoms with E-state index in [2.05, 4.69) is 38.3 Å². The molecule has 1 unspecified atom stereocenters. The Morgan fingerprint density at radius 3 is 2.67 bits per heavy atom. The van der Waals surface area contributed by atoms with Gasteiger partial charge in [0.25, 0.3) is 0 Å². The second kappa shape index (κ2) is 4.89. The third-order valence-corrected chi connectivity index (χ3v) is 4.72. The van der Waals surface area contributed by atoms with Crippen molar-refractivity contribution in [1.82, 2.24) is 4.57 Å². The molecule has 0 radical (unpaired) electrons. The van der Waals surface area contributed by atoms with E-state index in [1.165, 1.54) is 11.3 Å².